The van der Waals surface area contributed by atoms with Gasteiger partial charge in [-0.15, -0.1) is 5.10 Å². The maximum absolute atomic E-state index is 11.9. The van der Waals surface area contributed by atoms with Gasteiger partial charge in [-0.25, -0.2) is 0 Å². The molecule has 0 saturated carbocycles. The number of anilines is 1. The number of ketones is 1. The van der Waals surface area contributed by atoms with Gasteiger partial charge in [0.1, 0.15) is 0 Å². The van der Waals surface area contributed by atoms with Crippen molar-refractivity contribution < 1.29 is 9.59 Å². The molecule has 1 amide bonds. The molecule has 1 heterocycles. The van der Waals surface area contributed by atoms with Crippen LogP contribution in [0.3, 0.4) is 0 Å². The first-order chi connectivity index (χ1) is 9.15. The summed E-state index contributed by atoms with van der Waals surface area (Å²) in [7, 11) is 0. The van der Waals surface area contributed by atoms with E-state index in [0.717, 1.165) is 0 Å². The second-order valence-electron chi connectivity index (χ2n) is 3.79. The summed E-state index contributed by atoms with van der Waals surface area (Å²) in [6.45, 7) is 1.42. The number of carbonyl (C=O) groups is 2. The first-order valence-electron chi connectivity index (χ1n) is 5.52. The second-order valence-corrected chi connectivity index (χ2v) is 4.40. The number of amides is 1. The molecule has 0 aliphatic rings. The van der Waals surface area contributed by atoms with Crippen molar-refractivity contribution >= 4 is 35.0 Å². The van der Waals surface area contributed by atoms with Crippen LogP contribution in [-0.4, -0.2) is 21.3 Å². The van der Waals surface area contributed by atoms with Gasteiger partial charge in [-0.05, 0) is 35.8 Å². The number of rotatable bonds is 4. The van der Waals surface area contributed by atoms with Crippen LogP contribution in [0.5, 0.6) is 0 Å². The third-order valence-electron chi connectivity index (χ3n) is 2.25. The summed E-state index contributed by atoms with van der Waals surface area (Å²) in [6.07, 6.45) is 3.04. The number of hydrogen-bond acceptors (Lipinski definition) is 5. The standard InChI is InChI=1S/C13H11N3O2S/c1-9(17)14-11-4-2-3-10(7-11)13(18)6-5-12-8-19-16-15-12/h2-8H,1H3,(H,14,17)/b6-5+. The molecule has 0 spiro atoms. The quantitative estimate of drug-likeness (QED) is 0.685. The number of hydrogen-bond donors (Lipinski definition) is 1. The van der Waals surface area contributed by atoms with E-state index in [1.54, 1.807) is 35.7 Å². The van der Waals surface area contributed by atoms with Crippen LogP contribution in [0.25, 0.3) is 6.08 Å². The van der Waals surface area contributed by atoms with E-state index >= 15 is 0 Å². The molecule has 5 nitrogen and oxygen atoms in total. The van der Waals surface area contributed by atoms with Crippen LogP contribution in [-0.2, 0) is 4.79 Å². The highest BCUT2D eigenvalue weighted by atomic mass is 32.1. The summed E-state index contributed by atoms with van der Waals surface area (Å²) in [6, 6.07) is 6.77. The molecule has 0 radical (unpaired) electrons. The molecule has 96 valence electrons. The summed E-state index contributed by atoms with van der Waals surface area (Å²) >= 11 is 1.23. The molecular weight excluding hydrogens is 262 g/mol. The van der Waals surface area contributed by atoms with Gasteiger partial charge in [0.15, 0.2) is 5.78 Å². The van der Waals surface area contributed by atoms with Crippen molar-refractivity contribution in [3.63, 3.8) is 0 Å². The molecule has 2 rings (SSSR count). The lowest BCUT2D eigenvalue weighted by Gasteiger charge is -2.03. The molecule has 0 fully saturated rings. The fourth-order valence-corrected chi connectivity index (χ4v) is 1.88. The predicted octanol–water partition coefficient (Wildman–Crippen LogP) is 2.39. The maximum atomic E-state index is 11.9. The Morgan fingerprint density at radius 3 is 2.89 bits per heavy atom. The Bertz CT molecular complexity index is 621. The van der Waals surface area contributed by atoms with Gasteiger partial charge in [-0.1, -0.05) is 16.6 Å². The van der Waals surface area contributed by atoms with E-state index in [1.807, 2.05) is 0 Å². The van der Waals surface area contributed by atoms with Gasteiger partial charge in [0.25, 0.3) is 0 Å². The highest BCUT2D eigenvalue weighted by Crippen LogP contribution is 2.12. The third kappa shape index (κ3) is 3.82. The minimum absolute atomic E-state index is 0.153. The molecule has 0 bridgehead atoms. The van der Waals surface area contributed by atoms with Crippen LogP contribution >= 0.6 is 11.5 Å². The fraction of sp³-hybridized carbons (Fsp3) is 0.0769. The van der Waals surface area contributed by atoms with Crippen LogP contribution in [0.2, 0.25) is 0 Å². The van der Waals surface area contributed by atoms with Gasteiger partial charge in [-0.3, -0.25) is 9.59 Å². The van der Waals surface area contributed by atoms with Crippen molar-refractivity contribution in [3.05, 3.63) is 47.0 Å². The molecule has 2 aromatic rings. The van der Waals surface area contributed by atoms with E-state index < -0.39 is 0 Å². The Balaban J connectivity index is 2.13. The van der Waals surface area contributed by atoms with E-state index in [4.69, 9.17) is 0 Å². The Hall–Kier alpha value is -2.34. The van der Waals surface area contributed by atoms with E-state index in [1.165, 1.54) is 24.5 Å². The summed E-state index contributed by atoms with van der Waals surface area (Å²) in [4.78, 5) is 22.9. The third-order valence-corrected chi connectivity index (χ3v) is 2.77. The average molecular weight is 273 g/mol. The summed E-state index contributed by atoms with van der Waals surface area (Å²) in [5.41, 5.74) is 1.75. The van der Waals surface area contributed by atoms with Crippen molar-refractivity contribution in [1.82, 2.24) is 9.59 Å². The predicted molar refractivity (Wildman–Crippen MR) is 74.0 cm³/mol. The van der Waals surface area contributed by atoms with E-state index in [0.29, 0.717) is 16.9 Å². The van der Waals surface area contributed by atoms with Crippen LogP contribution in [0.4, 0.5) is 5.69 Å². The summed E-state index contributed by atoms with van der Waals surface area (Å²) < 4.78 is 3.70. The van der Waals surface area contributed by atoms with Crippen LogP contribution in [0.15, 0.2) is 35.7 Å². The van der Waals surface area contributed by atoms with Crippen molar-refractivity contribution in [3.8, 4) is 0 Å². The highest BCUT2D eigenvalue weighted by Gasteiger charge is 2.04. The molecule has 19 heavy (non-hydrogen) atoms. The number of benzene rings is 1. The summed E-state index contributed by atoms with van der Waals surface area (Å²) in [5, 5.41) is 8.19. The molecule has 1 aromatic carbocycles. The number of aromatic nitrogens is 2. The lowest BCUT2D eigenvalue weighted by Crippen LogP contribution is -2.06. The van der Waals surface area contributed by atoms with Crippen molar-refractivity contribution in [1.29, 1.82) is 0 Å². The van der Waals surface area contributed by atoms with Gasteiger partial charge >= 0.3 is 0 Å². The molecule has 1 N–H and O–H groups in total. The minimum Gasteiger partial charge on any atom is -0.326 e. The highest BCUT2D eigenvalue weighted by molar-refractivity contribution is 7.03. The second kappa shape index (κ2) is 6.01. The SMILES string of the molecule is CC(=O)Nc1cccc(C(=O)/C=C/c2csnn2)c1. The zero-order valence-corrected chi connectivity index (χ0v) is 11.0. The van der Waals surface area contributed by atoms with Crippen LogP contribution in [0, 0.1) is 0 Å². The molecule has 0 aliphatic carbocycles. The molecule has 0 saturated heterocycles. The Kier molecular flexibility index (Phi) is 4.15. The van der Waals surface area contributed by atoms with Gasteiger partial charge < -0.3 is 5.32 Å². The molecule has 0 unspecified atom stereocenters. The number of nitrogens with zero attached hydrogens (tertiary/aromatic N) is 2. The fourth-order valence-electron chi connectivity index (χ4n) is 1.46. The minimum atomic E-state index is -0.173. The smallest absolute Gasteiger partial charge is 0.221 e. The van der Waals surface area contributed by atoms with Crippen molar-refractivity contribution in [2.24, 2.45) is 0 Å². The lowest BCUT2D eigenvalue weighted by atomic mass is 10.1. The molecule has 1 aromatic heterocycles. The van der Waals surface area contributed by atoms with Crippen molar-refractivity contribution in [2.45, 2.75) is 6.92 Å². The number of carbonyl (C=O) groups excluding carboxylic acids is 2. The molecular formula is C13H11N3O2S. The van der Waals surface area contributed by atoms with E-state index in [9.17, 15) is 9.59 Å². The van der Waals surface area contributed by atoms with Gasteiger partial charge in [0, 0.05) is 23.6 Å². The molecule has 6 heteroatoms. The molecule has 0 aliphatic heterocycles. The molecule has 0 atom stereocenters. The number of allylic oxidation sites excluding steroid dienone is 1. The Morgan fingerprint density at radius 1 is 1.37 bits per heavy atom. The Morgan fingerprint density at radius 2 is 2.21 bits per heavy atom. The zero-order chi connectivity index (χ0) is 13.7. The van der Waals surface area contributed by atoms with Gasteiger partial charge in [0.2, 0.25) is 5.91 Å². The largest absolute Gasteiger partial charge is 0.326 e. The monoisotopic (exact) mass is 273 g/mol. The zero-order valence-electron chi connectivity index (χ0n) is 10.2. The first kappa shape index (κ1) is 13.1. The van der Waals surface area contributed by atoms with Gasteiger partial charge in [0.05, 0.1) is 5.69 Å². The van der Waals surface area contributed by atoms with E-state index in [-0.39, 0.29) is 11.7 Å². The lowest BCUT2D eigenvalue weighted by molar-refractivity contribution is -0.114. The van der Waals surface area contributed by atoms with Gasteiger partial charge in [-0.2, -0.15) is 0 Å². The maximum Gasteiger partial charge on any atom is 0.221 e. The average Bonchev–Trinajstić information content (AvgIpc) is 2.88. The van der Waals surface area contributed by atoms with Crippen LogP contribution < -0.4 is 5.32 Å². The summed E-state index contributed by atoms with van der Waals surface area (Å²) in [5.74, 6) is -0.325. The first-order valence-corrected chi connectivity index (χ1v) is 6.36. The Labute approximate surface area is 114 Å². The normalized spacial score (nSPS) is 10.6. The topological polar surface area (TPSA) is 72.0 Å². The van der Waals surface area contributed by atoms with Crippen LogP contribution in [0.1, 0.15) is 23.0 Å². The number of nitrogens with one attached hydrogen (secondary N) is 1. The van der Waals surface area contributed by atoms with Crippen molar-refractivity contribution in [2.75, 3.05) is 5.32 Å². The van der Waals surface area contributed by atoms with E-state index in [2.05, 4.69) is 14.9 Å².